The summed E-state index contributed by atoms with van der Waals surface area (Å²) in [5.74, 6) is 1.50. The van der Waals surface area contributed by atoms with Crippen LogP contribution in [0, 0.1) is 0 Å². The molecule has 1 N–H and O–H groups in total. The first kappa shape index (κ1) is 16.8. The molecule has 2 heterocycles. The van der Waals surface area contributed by atoms with Crippen molar-refractivity contribution in [1.29, 1.82) is 0 Å². The monoisotopic (exact) mass is 358 g/mol. The normalized spacial score (nSPS) is 13.2. The van der Waals surface area contributed by atoms with Gasteiger partial charge in [0.2, 0.25) is 5.91 Å². The number of thiophene rings is 1. The molecular weight excluding hydrogens is 340 g/mol. The lowest BCUT2D eigenvalue weighted by molar-refractivity contribution is -0.121. The number of rotatable bonds is 7. The quantitative estimate of drug-likeness (QED) is 0.773. The van der Waals surface area contributed by atoms with Crippen molar-refractivity contribution in [2.24, 2.45) is 0 Å². The van der Waals surface area contributed by atoms with Crippen molar-refractivity contribution in [2.75, 3.05) is 18.8 Å². The van der Waals surface area contributed by atoms with Gasteiger partial charge in [-0.1, -0.05) is 30.8 Å². The van der Waals surface area contributed by atoms with Crippen LogP contribution in [0.2, 0.25) is 0 Å². The van der Waals surface area contributed by atoms with Crippen LogP contribution >= 0.6 is 23.1 Å². The predicted octanol–water partition coefficient (Wildman–Crippen LogP) is 3.22. The Morgan fingerprint density at radius 3 is 2.71 bits per heavy atom. The second-order valence-corrected chi connectivity index (χ2v) is 7.50. The maximum absolute atomic E-state index is 12.3. The molecule has 3 rings (SSSR count). The summed E-state index contributed by atoms with van der Waals surface area (Å²) in [5.41, 5.74) is 2.02. The van der Waals surface area contributed by atoms with Gasteiger partial charge in [-0.25, -0.2) is 0 Å². The summed E-state index contributed by atoms with van der Waals surface area (Å²) < 4.78 is 0. The molecule has 0 aliphatic carbocycles. The molecule has 1 aromatic carbocycles. The zero-order valence-corrected chi connectivity index (χ0v) is 14.8. The van der Waals surface area contributed by atoms with Crippen LogP contribution in [0.1, 0.15) is 20.8 Å². The summed E-state index contributed by atoms with van der Waals surface area (Å²) in [4.78, 5) is 27.2. The SMILES string of the molecule is C=C1c2ccccc2C(=O)N1CC(=O)NCCSCc1cccs1. The summed E-state index contributed by atoms with van der Waals surface area (Å²) in [6.45, 7) is 4.55. The highest BCUT2D eigenvalue weighted by Gasteiger charge is 2.31. The van der Waals surface area contributed by atoms with Gasteiger partial charge < -0.3 is 5.32 Å². The first-order valence-electron chi connectivity index (χ1n) is 7.64. The minimum Gasteiger partial charge on any atom is -0.354 e. The fourth-order valence-corrected chi connectivity index (χ4v) is 4.23. The molecule has 124 valence electrons. The first-order chi connectivity index (χ1) is 11.7. The van der Waals surface area contributed by atoms with Crippen LogP contribution in [0.5, 0.6) is 0 Å². The van der Waals surface area contributed by atoms with Gasteiger partial charge in [0, 0.05) is 39.8 Å². The van der Waals surface area contributed by atoms with Crippen LogP contribution in [-0.4, -0.2) is 35.6 Å². The standard InChI is InChI=1S/C18H18N2O2S2/c1-13-15-6-2-3-7-16(15)18(22)20(13)11-17(21)19-8-10-23-12-14-5-4-9-24-14/h2-7,9H,1,8,10-12H2,(H,19,21). The molecule has 0 unspecified atom stereocenters. The van der Waals surface area contributed by atoms with Gasteiger partial charge in [0.15, 0.2) is 0 Å². The summed E-state index contributed by atoms with van der Waals surface area (Å²) in [5, 5.41) is 4.93. The Morgan fingerprint density at radius 1 is 1.21 bits per heavy atom. The maximum Gasteiger partial charge on any atom is 0.259 e. The minimum atomic E-state index is -0.158. The second-order valence-electron chi connectivity index (χ2n) is 5.37. The lowest BCUT2D eigenvalue weighted by atomic mass is 10.1. The van der Waals surface area contributed by atoms with Gasteiger partial charge in [0.25, 0.3) is 5.91 Å². The van der Waals surface area contributed by atoms with E-state index in [2.05, 4.69) is 23.3 Å². The van der Waals surface area contributed by atoms with Gasteiger partial charge in [-0.05, 0) is 17.5 Å². The van der Waals surface area contributed by atoms with Crippen molar-refractivity contribution in [3.05, 3.63) is 64.4 Å². The summed E-state index contributed by atoms with van der Waals surface area (Å²) >= 11 is 3.53. The lowest BCUT2D eigenvalue weighted by Crippen LogP contribution is -2.37. The number of amides is 2. The smallest absolute Gasteiger partial charge is 0.259 e. The van der Waals surface area contributed by atoms with Gasteiger partial charge in [-0.3, -0.25) is 14.5 Å². The van der Waals surface area contributed by atoms with E-state index >= 15 is 0 Å². The molecule has 0 bridgehead atoms. The van der Waals surface area contributed by atoms with E-state index in [-0.39, 0.29) is 18.4 Å². The molecule has 1 aromatic heterocycles. The number of benzene rings is 1. The maximum atomic E-state index is 12.3. The molecule has 0 saturated heterocycles. The Hall–Kier alpha value is -2.05. The van der Waals surface area contributed by atoms with Gasteiger partial charge in [0.1, 0.15) is 6.54 Å². The second kappa shape index (κ2) is 7.68. The molecule has 6 heteroatoms. The molecule has 0 fully saturated rings. The average molecular weight is 358 g/mol. The number of thioether (sulfide) groups is 1. The van der Waals surface area contributed by atoms with E-state index in [1.165, 1.54) is 9.78 Å². The van der Waals surface area contributed by atoms with Crippen molar-refractivity contribution in [3.63, 3.8) is 0 Å². The largest absolute Gasteiger partial charge is 0.354 e. The number of hydrogen-bond donors (Lipinski definition) is 1. The van der Waals surface area contributed by atoms with Crippen molar-refractivity contribution in [3.8, 4) is 0 Å². The molecule has 1 aliphatic heterocycles. The molecule has 0 spiro atoms. The fraction of sp³-hybridized carbons (Fsp3) is 0.222. The van der Waals surface area contributed by atoms with Gasteiger partial charge in [0.05, 0.1) is 0 Å². The molecule has 24 heavy (non-hydrogen) atoms. The highest BCUT2D eigenvalue weighted by molar-refractivity contribution is 7.98. The van der Waals surface area contributed by atoms with Crippen molar-refractivity contribution in [1.82, 2.24) is 10.2 Å². The van der Waals surface area contributed by atoms with Crippen LogP contribution < -0.4 is 5.32 Å². The molecule has 0 saturated carbocycles. The number of carbonyl (C=O) groups excluding carboxylic acids is 2. The van der Waals surface area contributed by atoms with Crippen molar-refractivity contribution in [2.45, 2.75) is 5.75 Å². The van der Waals surface area contributed by atoms with E-state index in [0.717, 1.165) is 17.1 Å². The van der Waals surface area contributed by atoms with Crippen LogP contribution in [0.25, 0.3) is 5.70 Å². The number of nitrogens with one attached hydrogen (secondary N) is 1. The summed E-state index contributed by atoms with van der Waals surface area (Å²) in [6.07, 6.45) is 0. The van der Waals surface area contributed by atoms with Gasteiger partial charge in [-0.15, -0.1) is 11.3 Å². The van der Waals surface area contributed by atoms with E-state index in [1.807, 2.05) is 24.3 Å². The fourth-order valence-electron chi connectivity index (χ4n) is 2.53. The van der Waals surface area contributed by atoms with Gasteiger partial charge >= 0.3 is 0 Å². The predicted molar refractivity (Wildman–Crippen MR) is 100 cm³/mol. The highest BCUT2D eigenvalue weighted by atomic mass is 32.2. The number of carbonyl (C=O) groups is 2. The molecular formula is C18H18N2O2S2. The third-order valence-corrected chi connectivity index (χ3v) is 5.80. The molecule has 4 nitrogen and oxygen atoms in total. The topological polar surface area (TPSA) is 49.4 Å². The van der Waals surface area contributed by atoms with E-state index < -0.39 is 0 Å². The minimum absolute atomic E-state index is 0.0158. The zero-order valence-electron chi connectivity index (χ0n) is 13.2. The Kier molecular flexibility index (Phi) is 5.37. The molecule has 1 aliphatic rings. The number of fused-ring (bicyclic) bond motifs is 1. The zero-order chi connectivity index (χ0) is 16.9. The Labute approximate surface area is 149 Å². The Morgan fingerprint density at radius 2 is 2.00 bits per heavy atom. The van der Waals surface area contributed by atoms with Crippen LogP contribution in [0.3, 0.4) is 0 Å². The van der Waals surface area contributed by atoms with E-state index in [9.17, 15) is 9.59 Å². The molecule has 2 amide bonds. The first-order valence-corrected chi connectivity index (χ1v) is 9.67. The van der Waals surface area contributed by atoms with Crippen LogP contribution in [-0.2, 0) is 10.5 Å². The van der Waals surface area contributed by atoms with E-state index in [0.29, 0.717) is 17.8 Å². The van der Waals surface area contributed by atoms with E-state index in [4.69, 9.17) is 0 Å². The number of nitrogens with zero attached hydrogens (tertiary/aromatic N) is 1. The highest BCUT2D eigenvalue weighted by Crippen LogP contribution is 2.30. The average Bonchev–Trinajstić information content (AvgIpc) is 3.18. The van der Waals surface area contributed by atoms with Crippen LogP contribution in [0.15, 0.2) is 48.4 Å². The molecule has 0 atom stereocenters. The van der Waals surface area contributed by atoms with Crippen molar-refractivity contribution < 1.29 is 9.59 Å². The number of hydrogen-bond acceptors (Lipinski definition) is 4. The Balaban J connectivity index is 1.42. The summed E-state index contributed by atoms with van der Waals surface area (Å²) in [7, 11) is 0. The Bertz CT molecular complexity index is 721. The summed E-state index contributed by atoms with van der Waals surface area (Å²) in [6, 6.07) is 11.5. The lowest BCUT2D eigenvalue weighted by Gasteiger charge is -2.16. The van der Waals surface area contributed by atoms with Crippen LogP contribution in [0.4, 0.5) is 0 Å². The third-order valence-electron chi connectivity index (χ3n) is 3.73. The molecule has 2 aromatic rings. The van der Waals surface area contributed by atoms with E-state index in [1.54, 1.807) is 29.2 Å². The molecule has 0 radical (unpaired) electrons. The van der Waals surface area contributed by atoms with Crippen molar-refractivity contribution >= 4 is 40.6 Å². The third kappa shape index (κ3) is 3.71. The van der Waals surface area contributed by atoms with Gasteiger partial charge in [-0.2, -0.15) is 11.8 Å².